The number of halogens is 4. The van der Waals surface area contributed by atoms with E-state index in [2.05, 4.69) is 20.7 Å². The summed E-state index contributed by atoms with van der Waals surface area (Å²) in [4.78, 5) is 43.4. The van der Waals surface area contributed by atoms with Crippen LogP contribution in [0, 0.1) is 12.7 Å². The molecule has 1 aliphatic rings. The van der Waals surface area contributed by atoms with Gasteiger partial charge in [0, 0.05) is 18.7 Å². The van der Waals surface area contributed by atoms with Gasteiger partial charge in [-0.15, -0.1) is 0 Å². The van der Waals surface area contributed by atoms with Crippen LogP contribution < -0.4 is 10.6 Å². The molecule has 0 saturated carbocycles. The van der Waals surface area contributed by atoms with Gasteiger partial charge in [-0.05, 0) is 81.0 Å². The lowest BCUT2D eigenvalue weighted by atomic mass is 9.97. The van der Waals surface area contributed by atoms with Gasteiger partial charge in [0.25, 0.3) is 11.8 Å². The van der Waals surface area contributed by atoms with Crippen LogP contribution in [0.4, 0.5) is 17.6 Å². The highest BCUT2D eigenvalue weighted by Crippen LogP contribution is 2.35. The number of esters is 1. The summed E-state index contributed by atoms with van der Waals surface area (Å²) in [6.45, 7) is 6.89. The van der Waals surface area contributed by atoms with Crippen LogP contribution in [0.5, 0.6) is 0 Å². The highest BCUT2D eigenvalue weighted by Gasteiger charge is 2.34. The molecular weight excluding hydrogens is 582 g/mol. The Labute approximate surface area is 249 Å². The number of ether oxygens (including phenoxy) is 1. The maximum absolute atomic E-state index is 13.6. The van der Waals surface area contributed by atoms with E-state index in [0.29, 0.717) is 30.5 Å². The van der Waals surface area contributed by atoms with Crippen molar-refractivity contribution < 1.29 is 36.7 Å². The van der Waals surface area contributed by atoms with Gasteiger partial charge in [0.05, 0.1) is 23.4 Å². The number of nitrogens with zero attached hydrogens (tertiary/aromatic N) is 3. The zero-order chi connectivity index (χ0) is 32.0. The zero-order valence-corrected chi connectivity index (χ0v) is 24.3. The lowest BCUT2D eigenvalue weighted by Gasteiger charge is -2.21. The maximum Gasteiger partial charge on any atom is 0.419 e. The Balaban J connectivity index is 1.34. The van der Waals surface area contributed by atoms with E-state index in [1.807, 2.05) is 6.92 Å². The summed E-state index contributed by atoms with van der Waals surface area (Å²) in [5.74, 6) is -3.12. The van der Waals surface area contributed by atoms with Crippen LogP contribution in [0.3, 0.4) is 0 Å². The summed E-state index contributed by atoms with van der Waals surface area (Å²) in [6, 6.07) is 8.29. The van der Waals surface area contributed by atoms with Gasteiger partial charge in [0.15, 0.2) is 5.65 Å². The minimum absolute atomic E-state index is 0.0156. The van der Waals surface area contributed by atoms with Gasteiger partial charge >= 0.3 is 12.1 Å². The fraction of sp³-hybridized carbons (Fsp3) is 0.323. The number of alkyl halides is 3. The van der Waals surface area contributed by atoms with E-state index in [-0.39, 0.29) is 35.2 Å². The van der Waals surface area contributed by atoms with E-state index in [1.165, 1.54) is 22.8 Å². The van der Waals surface area contributed by atoms with Crippen molar-refractivity contribution in [1.29, 1.82) is 0 Å². The Kier molecular flexibility index (Phi) is 7.91. The lowest BCUT2D eigenvalue weighted by Crippen LogP contribution is -2.30. The Morgan fingerprint density at radius 3 is 2.50 bits per heavy atom. The molecule has 0 aliphatic heterocycles. The standard InChI is InChI=1S/C31H29F4N5O4/c1-16-18-8-10-23(20(18)7-6-19(16)29(43)44-30(2,3)4)39-28(42)25-14-24(38-26-11-12-37-40(25)26)27(41)36-15-17-5-9-22(32)21(13-17)31(33,34)35/h5-7,9,11-14,23H,8,10,15H2,1-4H3,(H,36,41)(H,39,42). The average molecular weight is 612 g/mol. The van der Waals surface area contributed by atoms with Gasteiger partial charge in [0.1, 0.15) is 22.8 Å². The molecule has 0 radical (unpaired) electrons. The molecule has 0 fully saturated rings. The molecule has 1 atom stereocenters. The number of benzene rings is 2. The molecule has 0 saturated heterocycles. The lowest BCUT2D eigenvalue weighted by molar-refractivity contribution is -0.140. The van der Waals surface area contributed by atoms with Crippen LogP contribution in [-0.4, -0.2) is 38.0 Å². The van der Waals surface area contributed by atoms with Crippen molar-refractivity contribution in [3.05, 3.63) is 99.2 Å². The van der Waals surface area contributed by atoms with E-state index in [9.17, 15) is 31.9 Å². The Morgan fingerprint density at radius 2 is 1.80 bits per heavy atom. The molecule has 2 aromatic carbocycles. The summed E-state index contributed by atoms with van der Waals surface area (Å²) in [7, 11) is 0. The fourth-order valence-corrected chi connectivity index (χ4v) is 5.18. The second kappa shape index (κ2) is 11.4. The number of carbonyl (C=O) groups excluding carboxylic acids is 3. The third-order valence-corrected chi connectivity index (χ3v) is 7.23. The second-order valence-corrected chi connectivity index (χ2v) is 11.5. The molecule has 0 spiro atoms. The zero-order valence-electron chi connectivity index (χ0n) is 24.3. The van der Waals surface area contributed by atoms with Crippen molar-refractivity contribution in [1.82, 2.24) is 25.2 Å². The topological polar surface area (TPSA) is 115 Å². The first kappa shape index (κ1) is 30.6. The molecule has 2 amide bonds. The van der Waals surface area contributed by atoms with Gasteiger partial charge in [-0.2, -0.15) is 18.3 Å². The summed E-state index contributed by atoms with van der Waals surface area (Å²) in [6.07, 6.45) is -2.27. The number of nitrogens with one attached hydrogen (secondary N) is 2. The van der Waals surface area contributed by atoms with E-state index >= 15 is 0 Å². The molecule has 9 nitrogen and oxygen atoms in total. The minimum atomic E-state index is -4.89. The first-order valence-electron chi connectivity index (χ1n) is 13.8. The number of fused-ring (bicyclic) bond motifs is 2. The molecule has 2 heterocycles. The number of carbonyl (C=O) groups is 3. The van der Waals surface area contributed by atoms with Crippen LogP contribution >= 0.6 is 0 Å². The van der Waals surface area contributed by atoms with Crippen LogP contribution in [-0.2, 0) is 23.9 Å². The van der Waals surface area contributed by atoms with Gasteiger partial charge in [-0.1, -0.05) is 12.1 Å². The predicted octanol–water partition coefficient (Wildman–Crippen LogP) is 5.50. The monoisotopic (exact) mass is 611 g/mol. The third-order valence-electron chi connectivity index (χ3n) is 7.23. The molecule has 4 aromatic rings. The van der Waals surface area contributed by atoms with Gasteiger partial charge < -0.3 is 15.4 Å². The molecule has 2 aromatic heterocycles. The molecule has 1 unspecified atom stereocenters. The number of amides is 2. The van der Waals surface area contributed by atoms with Crippen molar-refractivity contribution in [2.45, 2.75) is 64.9 Å². The molecule has 0 bridgehead atoms. The smallest absolute Gasteiger partial charge is 0.419 e. The van der Waals surface area contributed by atoms with Crippen molar-refractivity contribution in [2.24, 2.45) is 0 Å². The summed E-state index contributed by atoms with van der Waals surface area (Å²) >= 11 is 0. The quantitative estimate of drug-likeness (QED) is 0.220. The molecule has 44 heavy (non-hydrogen) atoms. The van der Waals surface area contributed by atoms with Gasteiger partial charge in [-0.3, -0.25) is 9.59 Å². The highest BCUT2D eigenvalue weighted by molar-refractivity contribution is 5.98. The number of hydrogen-bond donors (Lipinski definition) is 2. The largest absolute Gasteiger partial charge is 0.456 e. The van der Waals surface area contributed by atoms with E-state index < -0.39 is 40.9 Å². The highest BCUT2D eigenvalue weighted by atomic mass is 19.4. The van der Waals surface area contributed by atoms with Gasteiger partial charge in [0.2, 0.25) is 0 Å². The van der Waals surface area contributed by atoms with Crippen LogP contribution in [0.25, 0.3) is 5.65 Å². The van der Waals surface area contributed by atoms with E-state index in [4.69, 9.17) is 4.74 Å². The second-order valence-electron chi connectivity index (χ2n) is 11.5. The normalized spacial score (nSPS) is 14.8. The van der Waals surface area contributed by atoms with Crippen molar-refractivity contribution in [3.8, 4) is 0 Å². The molecule has 13 heteroatoms. The molecular formula is C31H29F4N5O4. The third kappa shape index (κ3) is 6.26. The average Bonchev–Trinajstić information content (AvgIpc) is 3.58. The first-order chi connectivity index (χ1) is 20.6. The molecule has 5 rings (SSSR count). The summed E-state index contributed by atoms with van der Waals surface area (Å²) in [5, 5.41) is 9.58. The summed E-state index contributed by atoms with van der Waals surface area (Å²) < 4.78 is 59.7. The predicted molar refractivity (Wildman–Crippen MR) is 150 cm³/mol. The van der Waals surface area contributed by atoms with Gasteiger partial charge in [-0.25, -0.2) is 18.7 Å². The number of hydrogen-bond acceptors (Lipinski definition) is 6. The molecule has 2 N–H and O–H groups in total. The number of aromatic nitrogens is 3. The van der Waals surface area contributed by atoms with Crippen LogP contribution in [0.2, 0.25) is 0 Å². The van der Waals surface area contributed by atoms with Crippen LogP contribution in [0.1, 0.15) is 92.4 Å². The van der Waals surface area contributed by atoms with E-state index in [0.717, 1.165) is 22.8 Å². The number of rotatable bonds is 6. The SMILES string of the molecule is Cc1c(C(=O)OC(C)(C)C)ccc2c1CCC2NC(=O)c1cc(C(=O)NCc2ccc(F)c(C(F)(F)F)c2)nc2ccnn12. The Morgan fingerprint density at radius 1 is 1.05 bits per heavy atom. The maximum atomic E-state index is 13.6. The van der Waals surface area contributed by atoms with Crippen molar-refractivity contribution >= 4 is 23.4 Å². The van der Waals surface area contributed by atoms with Crippen LogP contribution in [0.15, 0.2) is 48.7 Å². The fourth-order valence-electron chi connectivity index (χ4n) is 5.18. The van der Waals surface area contributed by atoms with Crippen molar-refractivity contribution in [3.63, 3.8) is 0 Å². The first-order valence-corrected chi connectivity index (χ1v) is 13.8. The minimum Gasteiger partial charge on any atom is -0.456 e. The molecule has 230 valence electrons. The summed E-state index contributed by atoms with van der Waals surface area (Å²) in [5.41, 5.74) is 1.07. The van der Waals surface area contributed by atoms with Crippen molar-refractivity contribution in [2.75, 3.05) is 0 Å². The Hall–Kier alpha value is -4.81. The van der Waals surface area contributed by atoms with E-state index in [1.54, 1.807) is 32.9 Å². The Bertz CT molecular complexity index is 1790. The molecule has 1 aliphatic carbocycles.